The van der Waals surface area contributed by atoms with Crippen LogP contribution in [0.15, 0.2) is 11.6 Å². The minimum atomic E-state index is -1.15. The molecule has 0 fully saturated rings. The second-order valence-corrected chi connectivity index (χ2v) is 10.5. The molecule has 0 unspecified atom stereocenters. The van der Waals surface area contributed by atoms with Crippen LogP contribution in [0.4, 0.5) is 0 Å². The highest BCUT2D eigenvalue weighted by atomic mass is 28.3. The lowest BCUT2D eigenvalue weighted by molar-refractivity contribution is 0.159. The van der Waals surface area contributed by atoms with E-state index in [4.69, 9.17) is 0 Å². The van der Waals surface area contributed by atoms with Crippen molar-refractivity contribution >= 4 is 8.07 Å². The Morgan fingerprint density at radius 2 is 2.00 bits per heavy atom. The highest BCUT2D eigenvalue weighted by molar-refractivity contribution is 6.77. The Morgan fingerprint density at radius 1 is 1.42 bits per heavy atom. The monoisotopic (exact) mass is 184 g/mol. The Kier molecular flexibility index (Phi) is 2.79. The Morgan fingerprint density at radius 3 is 2.42 bits per heavy atom. The summed E-state index contributed by atoms with van der Waals surface area (Å²) < 4.78 is 0. The fraction of sp³-hybridized carbons (Fsp3) is 0.800. The van der Waals surface area contributed by atoms with Gasteiger partial charge in [0.1, 0.15) is 0 Å². The summed E-state index contributed by atoms with van der Waals surface area (Å²) in [6.07, 6.45) is 4.11. The number of rotatable bonds is 1. The van der Waals surface area contributed by atoms with Gasteiger partial charge in [0, 0.05) is 0 Å². The molecule has 0 aromatic rings. The van der Waals surface area contributed by atoms with Crippen LogP contribution in [-0.2, 0) is 0 Å². The first-order chi connectivity index (χ1) is 5.41. The first kappa shape index (κ1) is 10.0. The third-order valence-electron chi connectivity index (χ3n) is 2.83. The molecular weight excluding hydrogens is 164 g/mol. The zero-order chi connectivity index (χ0) is 9.35. The van der Waals surface area contributed by atoms with Crippen molar-refractivity contribution in [2.75, 3.05) is 0 Å². The van der Waals surface area contributed by atoms with Crippen LogP contribution in [0.2, 0.25) is 25.2 Å². The number of allylic oxidation sites excluding steroid dienone is 1. The van der Waals surface area contributed by atoms with Crippen molar-refractivity contribution in [3.05, 3.63) is 11.6 Å². The van der Waals surface area contributed by atoms with Gasteiger partial charge >= 0.3 is 0 Å². The topological polar surface area (TPSA) is 20.2 Å². The second kappa shape index (κ2) is 3.34. The van der Waals surface area contributed by atoms with E-state index in [-0.39, 0.29) is 6.10 Å². The van der Waals surface area contributed by atoms with Gasteiger partial charge in [0.2, 0.25) is 0 Å². The number of aliphatic hydroxyl groups is 1. The van der Waals surface area contributed by atoms with E-state index in [0.717, 1.165) is 12.8 Å². The van der Waals surface area contributed by atoms with Crippen LogP contribution in [0, 0.1) is 0 Å². The maximum absolute atomic E-state index is 9.81. The van der Waals surface area contributed by atoms with Crippen molar-refractivity contribution in [1.29, 1.82) is 0 Å². The SMILES string of the molecule is CC1=CC[C@@H](O)[C@H]([Si](C)(C)C)C1. The van der Waals surface area contributed by atoms with E-state index >= 15 is 0 Å². The Hall–Kier alpha value is -0.0831. The molecule has 0 spiro atoms. The van der Waals surface area contributed by atoms with E-state index in [9.17, 15) is 5.11 Å². The van der Waals surface area contributed by atoms with Gasteiger partial charge in [0.25, 0.3) is 0 Å². The molecule has 0 bridgehead atoms. The smallest absolute Gasteiger partial charge is 0.0582 e. The largest absolute Gasteiger partial charge is 0.393 e. The molecule has 70 valence electrons. The van der Waals surface area contributed by atoms with Crippen LogP contribution < -0.4 is 0 Å². The van der Waals surface area contributed by atoms with E-state index in [0.29, 0.717) is 5.54 Å². The summed E-state index contributed by atoms with van der Waals surface area (Å²) in [6, 6.07) is 0. The molecule has 1 aliphatic rings. The molecule has 2 atom stereocenters. The maximum atomic E-state index is 9.81. The highest BCUT2D eigenvalue weighted by Crippen LogP contribution is 2.36. The van der Waals surface area contributed by atoms with Crippen LogP contribution in [0.3, 0.4) is 0 Å². The lowest BCUT2D eigenvalue weighted by Gasteiger charge is -2.35. The predicted octanol–water partition coefficient (Wildman–Crippen LogP) is 2.80. The van der Waals surface area contributed by atoms with Gasteiger partial charge in [-0.15, -0.1) is 0 Å². The lowest BCUT2D eigenvalue weighted by atomic mass is 9.98. The average molecular weight is 184 g/mol. The van der Waals surface area contributed by atoms with Crippen molar-refractivity contribution in [1.82, 2.24) is 0 Å². The molecule has 0 heterocycles. The van der Waals surface area contributed by atoms with Crippen LogP contribution in [0.25, 0.3) is 0 Å². The minimum absolute atomic E-state index is 0.0691. The van der Waals surface area contributed by atoms with Gasteiger partial charge in [0.05, 0.1) is 14.2 Å². The molecule has 0 saturated heterocycles. The minimum Gasteiger partial charge on any atom is -0.393 e. The molecule has 0 saturated carbocycles. The quantitative estimate of drug-likeness (QED) is 0.491. The van der Waals surface area contributed by atoms with Gasteiger partial charge in [-0.1, -0.05) is 31.3 Å². The molecule has 1 rings (SSSR count). The van der Waals surface area contributed by atoms with Crippen molar-refractivity contribution in [2.45, 2.75) is 51.1 Å². The van der Waals surface area contributed by atoms with Crippen molar-refractivity contribution in [3.8, 4) is 0 Å². The summed E-state index contributed by atoms with van der Waals surface area (Å²) in [5.41, 5.74) is 2.04. The zero-order valence-electron chi connectivity index (χ0n) is 8.59. The third-order valence-corrected chi connectivity index (χ3v) is 5.64. The van der Waals surface area contributed by atoms with Crippen LogP contribution in [0.1, 0.15) is 19.8 Å². The molecule has 0 aromatic carbocycles. The fourth-order valence-corrected chi connectivity index (χ4v) is 4.16. The van der Waals surface area contributed by atoms with E-state index < -0.39 is 8.07 Å². The van der Waals surface area contributed by atoms with E-state index in [1.165, 1.54) is 5.57 Å². The summed E-state index contributed by atoms with van der Waals surface area (Å²) in [5.74, 6) is 0. The summed E-state index contributed by atoms with van der Waals surface area (Å²) in [7, 11) is -1.15. The first-order valence-electron chi connectivity index (χ1n) is 4.75. The Balaban J connectivity index is 2.72. The van der Waals surface area contributed by atoms with E-state index in [2.05, 4.69) is 32.6 Å². The van der Waals surface area contributed by atoms with Gasteiger partial charge < -0.3 is 5.11 Å². The van der Waals surface area contributed by atoms with Crippen molar-refractivity contribution in [3.63, 3.8) is 0 Å². The molecular formula is C10H20OSi. The van der Waals surface area contributed by atoms with Crippen molar-refractivity contribution in [2.24, 2.45) is 0 Å². The summed E-state index contributed by atoms with van der Waals surface area (Å²) in [5, 5.41) is 9.81. The van der Waals surface area contributed by atoms with Gasteiger partial charge in [-0.2, -0.15) is 0 Å². The van der Waals surface area contributed by atoms with E-state index in [1.54, 1.807) is 0 Å². The molecule has 0 aromatic heterocycles. The van der Waals surface area contributed by atoms with Gasteiger partial charge in [-0.25, -0.2) is 0 Å². The number of hydrogen-bond acceptors (Lipinski definition) is 1. The van der Waals surface area contributed by atoms with Crippen LogP contribution in [-0.4, -0.2) is 19.3 Å². The molecule has 0 aliphatic heterocycles. The fourth-order valence-electron chi connectivity index (χ4n) is 1.94. The average Bonchev–Trinajstić information content (AvgIpc) is 1.92. The molecule has 2 heteroatoms. The second-order valence-electron chi connectivity index (χ2n) is 5.03. The lowest BCUT2D eigenvalue weighted by Crippen LogP contribution is -2.37. The molecule has 1 nitrogen and oxygen atoms in total. The molecule has 1 aliphatic carbocycles. The van der Waals surface area contributed by atoms with Crippen molar-refractivity contribution < 1.29 is 5.11 Å². The Bertz CT molecular complexity index is 191. The number of aliphatic hydroxyl groups excluding tert-OH is 1. The maximum Gasteiger partial charge on any atom is 0.0582 e. The molecule has 1 N–H and O–H groups in total. The summed E-state index contributed by atoms with van der Waals surface area (Å²) in [4.78, 5) is 0. The highest BCUT2D eigenvalue weighted by Gasteiger charge is 2.33. The van der Waals surface area contributed by atoms with Gasteiger partial charge in [-0.3, -0.25) is 0 Å². The van der Waals surface area contributed by atoms with Gasteiger partial charge in [-0.05, 0) is 25.3 Å². The summed E-state index contributed by atoms with van der Waals surface area (Å²) >= 11 is 0. The predicted molar refractivity (Wildman–Crippen MR) is 56.1 cm³/mol. The standard InChI is InChI=1S/C10H20OSi/c1-8-5-6-9(11)10(7-8)12(2,3)4/h5,9-11H,6-7H2,1-4H3/t9-,10-/m1/s1. The van der Waals surface area contributed by atoms with Crippen LogP contribution >= 0.6 is 0 Å². The normalized spacial score (nSPS) is 31.6. The first-order valence-corrected chi connectivity index (χ1v) is 8.32. The van der Waals surface area contributed by atoms with E-state index in [1.807, 2.05) is 0 Å². The van der Waals surface area contributed by atoms with Crippen LogP contribution in [0.5, 0.6) is 0 Å². The van der Waals surface area contributed by atoms with Gasteiger partial charge in [0.15, 0.2) is 0 Å². The molecule has 12 heavy (non-hydrogen) atoms. The number of hydrogen-bond donors (Lipinski definition) is 1. The summed E-state index contributed by atoms with van der Waals surface area (Å²) in [6.45, 7) is 9.22. The molecule has 0 radical (unpaired) electrons. The third kappa shape index (κ3) is 2.20. The zero-order valence-corrected chi connectivity index (χ0v) is 9.59. The molecule has 0 amide bonds. The Labute approximate surface area is 76.5 Å².